The van der Waals surface area contributed by atoms with Gasteiger partial charge in [0.25, 0.3) is 5.91 Å². The number of para-hydroxylation sites is 1. The Morgan fingerprint density at radius 1 is 0.885 bits per heavy atom. The van der Waals surface area contributed by atoms with Crippen molar-refractivity contribution in [2.75, 3.05) is 11.9 Å². The van der Waals surface area contributed by atoms with E-state index in [9.17, 15) is 9.59 Å². The lowest BCUT2D eigenvalue weighted by atomic mass is 10.1. The maximum Gasteiger partial charge on any atom is 0.253 e. The summed E-state index contributed by atoms with van der Waals surface area (Å²) in [5.41, 5.74) is 2.26. The number of anilines is 1. The molecule has 4 heteroatoms. The van der Waals surface area contributed by atoms with E-state index in [0.29, 0.717) is 24.2 Å². The molecule has 0 aliphatic heterocycles. The van der Waals surface area contributed by atoms with Crippen molar-refractivity contribution in [2.24, 2.45) is 0 Å². The molecule has 2 amide bonds. The fourth-order valence-electron chi connectivity index (χ4n) is 2.78. The number of hydrogen-bond acceptors (Lipinski definition) is 2. The van der Waals surface area contributed by atoms with Gasteiger partial charge in [-0.1, -0.05) is 68.7 Å². The lowest BCUT2D eigenvalue weighted by Crippen LogP contribution is -2.27. The van der Waals surface area contributed by atoms with Crippen LogP contribution >= 0.6 is 0 Å². The Hall–Kier alpha value is -2.62. The van der Waals surface area contributed by atoms with Crippen LogP contribution in [0.4, 0.5) is 5.69 Å². The van der Waals surface area contributed by atoms with Crippen LogP contribution in [0.1, 0.15) is 54.9 Å². The average Bonchev–Trinajstić information content (AvgIpc) is 2.66. The van der Waals surface area contributed by atoms with Crippen LogP contribution in [-0.2, 0) is 11.2 Å². The van der Waals surface area contributed by atoms with Crippen molar-refractivity contribution in [3.05, 3.63) is 65.7 Å². The maximum atomic E-state index is 12.5. The highest BCUT2D eigenvalue weighted by Crippen LogP contribution is 2.16. The van der Waals surface area contributed by atoms with E-state index >= 15 is 0 Å². The van der Waals surface area contributed by atoms with Gasteiger partial charge in [0.2, 0.25) is 5.91 Å². The van der Waals surface area contributed by atoms with Crippen molar-refractivity contribution in [1.29, 1.82) is 0 Å². The summed E-state index contributed by atoms with van der Waals surface area (Å²) in [6.45, 7) is 2.70. The average molecular weight is 352 g/mol. The minimum absolute atomic E-state index is 0.0364. The zero-order valence-electron chi connectivity index (χ0n) is 15.5. The fourth-order valence-corrected chi connectivity index (χ4v) is 2.78. The first kappa shape index (κ1) is 19.7. The van der Waals surface area contributed by atoms with Crippen LogP contribution in [0.25, 0.3) is 0 Å². The van der Waals surface area contributed by atoms with Crippen LogP contribution in [0.2, 0.25) is 0 Å². The van der Waals surface area contributed by atoms with E-state index in [2.05, 4.69) is 17.6 Å². The molecule has 2 N–H and O–H groups in total. The number of benzene rings is 2. The quantitative estimate of drug-likeness (QED) is 0.616. The van der Waals surface area contributed by atoms with Crippen LogP contribution in [-0.4, -0.2) is 18.4 Å². The Bertz CT molecular complexity index is 698. The monoisotopic (exact) mass is 352 g/mol. The number of rotatable bonds is 10. The summed E-state index contributed by atoms with van der Waals surface area (Å²) >= 11 is 0. The molecule has 2 rings (SSSR count). The van der Waals surface area contributed by atoms with Crippen LogP contribution < -0.4 is 10.6 Å². The number of amides is 2. The number of hydrogen-bond donors (Lipinski definition) is 2. The number of nitrogens with one attached hydrogen (secondary N) is 2. The highest BCUT2D eigenvalue weighted by Gasteiger charge is 2.12. The summed E-state index contributed by atoms with van der Waals surface area (Å²) in [6, 6.07) is 17.2. The number of carbonyl (C=O) groups is 2. The first-order valence-corrected chi connectivity index (χ1v) is 9.41. The Labute approximate surface area is 156 Å². The predicted octanol–water partition coefficient (Wildman–Crippen LogP) is 4.57. The molecule has 0 aliphatic rings. The first-order valence-electron chi connectivity index (χ1n) is 9.41. The van der Waals surface area contributed by atoms with Crippen molar-refractivity contribution >= 4 is 17.5 Å². The third-order valence-corrected chi connectivity index (χ3v) is 4.25. The summed E-state index contributed by atoms with van der Waals surface area (Å²) < 4.78 is 0. The molecule has 26 heavy (non-hydrogen) atoms. The molecule has 0 aromatic heterocycles. The molecular weight excluding hydrogens is 324 g/mol. The lowest BCUT2D eigenvalue weighted by Gasteiger charge is -2.11. The fraction of sp³-hybridized carbons (Fsp3) is 0.364. The van der Waals surface area contributed by atoms with Crippen molar-refractivity contribution in [1.82, 2.24) is 5.32 Å². The Morgan fingerprint density at radius 3 is 2.38 bits per heavy atom. The van der Waals surface area contributed by atoms with Gasteiger partial charge in [-0.15, -0.1) is 0 Å². The molecule has 0 aliphatic carbocycles. The van der Waals surface area contributed by atoms with Crippen LogP contribution in [0.5, 0.6) is 0 Å². The molecule has 0 bridgehead atoms. The summed E-state index contributed by atoms with van der Waals surface area (Å²) in [4.78, 5) is 24.6. The Kier molecular flexibility index (Phi) is 8.40. The number of unbranched alkanes of at least 4 members (excludes halogenated alkanes) is 3. The standard InChI is InChI=1S/C22H28N2O2/c1-2-3-4-8-15-21(25)24-20-14-10-9-13-19(20)22(26)23-17-16-18-11-6-5-7-12-18/h5-7,9-14H,2-4,8,15-17H2,1H3,(H,23,26)(H,24,25). The van der Waals surface area contributed by atoms with Crippen LogP contribution in [0.15, 0.2) is 54.6 Å². The van der Waals surface area contributed by atoms with Crippen LogP contribution in [0, 0.1) is 0 Å². The molecule has 0 saturated carbocycles. The maximum absolute atomic E-state index is 12.5. The molecule has 2 aromatic carbocycles. The Balaban J connectivity index is 1.86. The van der Waals surface area contributed by atoms with E-state index in [1.165, 1.54) is 5.56 Å². The molecule has 138 valence electrons. The van der Waals surface area contributed by atoms with E-state index in [1.54, 1.807) is 12.1 Å². The second kappa shape index (κ2) is 11.1. The normalized spacial score (nSPS) is 10.3. The van der Waals surface area contributed by atoms with Gasteiger partial charge in [-0.2, -0.15) is 0 Å². The third kappa shape index (κ3) is 6.71. The molecule has 0 saturated heterocycles. The second-order valence-electron chi connectivity index (χ2n) is 6.40. The molecule has 2 aromatic rings. The van der Waals surface area contributed by atoms with Gasteiger partial charge in [-0.3, -0.25) is 9.59 Å². The van der Waals surface area contributed by atoms with Gasteiger partial charge in [0.15, 0.2) is 0 Å². The molecular formula is C22H28N2O2. The van der Waals surface area contributed by atoms with Gasteiger partial charge < -0.3 is 10.6 Å². The van der Waals surface area contributed by atoms with Gasteiger partial charge >= 0.3 is 0 Å². The number of carbonyl (C=O) groups excluding carboxylic acids is 2. The van der Waals surface area contributed by atoms with E-state index in [4.69, 9.17) is 0 Å². The van der Waals surface area contributed by atoms with E-state index in [0.717, 1.165) is 32.1 Å². The smallest absolute Gasteiger partial charge is 0.253 e. The molecule has 0 fully saturated rings. The lowest BCUT2D eigenvalue weighted by molar-refractivity contribution is -0.116. The Morgan fingerprint density at radius 2 is 1.62 bits per heavy atom. The summed E-state index contributed by atoms with van der Waals surface area (Å²) in [5, 5.41) is 5.81. The van der Waals surface area contributed by atoms with E-state index in [1.807, 2.05) is 42.5 Å². The summed E-state index contributed by atoms with van der Waals surface area (Å²) in [6.07, 6.45) is 5.50. The molecule has 0 heterocycles. The highest BCUT2D eigenvalue weighted by molar-refractivity contribution is 6.03. The summed E-state index contributed by atoms with van der Waals surface area (Å²) in [7, 11) is 0. The van der Waals surface area contributed by atoms with E-state index in [-0.39, 0.29) is 11.8 Å². The largest absolute Gasteiger partial charge is 0.352 e. The molecule has 0 radical (unpaired) electrons. The predicted molar refractivity (Wildman–Crippen MR) is 106 cm³/mol. The third-order valence-electron chi connectivity index (χ3n) is 4.25. The van der Waals surface area contributed by atoms with Crippen molar-refractivity contribution in [3.63, 3.8) is 0 Å². The van der Waals surface area contributed by atoms with Crippen molar-refractivity contribution in [2.45, 2.75) is 45.4 Å². The minimum atomic E-state index is -0.164. The first-order chi connectivity index (χ1) is 12.7. The molecule has 0 atom stereocenters. The zero-order valence-corrected chi connectivity index (χ0v) is 15.5. The van der Waals surface area contributed by atoms with Gasteiger partial charge in [-0.25, -0.2) is 0 Å². The highest BCUT2D eigenvalue weighted by atomic mass is 16.2. The molecule has 4 nitrogen and oxygen atoms in total. The minimum Gasteiger partial charge on any atom is -0.352 e. The molecule has 0 spiro atoms. The second-order valence-corrected chi connectivity index (χ2v) is 6.40. The SMILES string of the molecule is CCCCCCC(=O)Nc1ccccc1C(=O)NCCc1ccccc1. The zero-order chi connectivity index (χ0) is 18.6. The molecule has 0 unspecified atom stereocenters. The van der Waals surface area contributed by atoms with Crippen molar-refractivity contribution in [3.8, 4) is 0 Å². The van der Waals surface area contributed by atoms with Crippen molar-refractivity contribution < 1.29 is 9.59 Å². The van der Waals surface area contributed by atoms with Crippen LogP contribution in [0.3, 0.4) is 0 Å². The van der Waals surface area contributed by atoms with Gasteiger partial charge in [0, 0.05) is 13.0 Å². The summed E-state index contributed by atoms with van der Waals surface area (Å²) in [5.74, 6) is -0.201. The van der Waals surface area contributed by atoms with Gasteiger partial charge in [0.1, 0.15) is 0 Å². The van der Waals surface area contributed by atoms with Gasteiger partial charge in [0.05, 0.1) is 11.3 Å². The van der Waals surface area contributed by atoms with Gasteiger partial charge in [-0.05, 0) is 30.5 Å². The van der Waals surface area contributed by atoms with E-state index < -0.39 is 0 Å². The topological polar surface area (TPSA) is 58.2 Å².